The number of halogens is 2. The highest BCUT2D eigenvalue weighted by molar-refractivity contribution is 7.71. The van der Waals surface area contributed by atoms with Crippen LogP contribution in [0.2, 0.25) is 0 Å². The molecule has 1 aromatic carbocycles. The van der Waals surface area contributed by atoms with Crippen molar-refractivity contribution in [2.45, 2.75) is 13.8 Å². The number of imidazole rings is 1. The highest BCUT2D eigenvalue weighted by atomic mass is 32.1. The number of nitrogens with one attached hydrogen (secondary N) is 1. The minimum atomic E-state index is -0.492. The van der Waals surface area contributed by atoms with Gasteiger partial charge in [0.15, 0.2) is 4.77 Å². The Hall–Kier alpha value is -1.49. The summed E-state index contributed by atoms with van der Waals surface area (Å²) in [6.07, 6.45) is 1.63. The van der Waals surface area contributed by atoms with Gasteiger partial charge in [-0.25, -0.2) is 8.78 Å². The summed E-state index contributed by atoms with van der Waals surface area (Å²) in [6.45, 7) is 3.32. The predicted molar refractivity (Wildman–Crippen MR) is 60.3 cm³/mol. The first-order valence-corrected chi connectivity index (χ1v) is 5.14. The van der Waals surface area contributed by atoms with Crippen molar-refractivity contribution >= 4 is 12.2 Å². The van der Waals surface area contributed by atoms with E-state index >= 15 is 0 Å². The van der Waals surface area contributed by atoms with E-state index in [0.29, 0.717) is 4.77 Å². The topological polar surface area (TPSA) is 20.7 Å². The maximum absolute atomic E-state index is 13.7. The lowest BCUT2D eigenvalue weighted by molar-refractivity contribution is 0.585. The number of H-pyrrole nitrogens is 1. The maximum atomic E-state index is 13.7. The monoisotopic (exact) mass is 240 g/mol. The molecule has 0 fully saturated rings. The van der Waals surface area contributed by atoms with Crippen LogP contribution in [0.3, 0.4) is 0 Å². The molecule has 2 rings (SSSR count). The Labute approximate surface area is 96.5 Å². The second-order valence-corrected chi connectivity index (χ2v) is 4.05. The van der Waals surface area contributed by atoms with E-state index in [9.17, 15) is 8.78 Å². The zero-order valence-electron chi connectivity index (χ0n) is 8.84. The van der Waals surface area contributed by atoms with E-state index in [0.717, 1.165) is 17.8 Å². The molecule has 0 spiro atoms. The summed E-state index contributed by atoms with van der Waals surface area (Å²) >= 11 is 5.01. The third-order valence-corrected chi connectivity index (χ3v) is 2.63. The van der Waals surface area contributed by atoms with Crippen LogP contribution in [0.5, 0.6) is 0 Å². The van der Waals surface area contributed by atoms with Crippen molar-refractivity contribution in [2.75, 3.05) is 0 Å². The van der Waals surface area contributed by atoms with Crippen LogP contribution in [-0.4, -0.2) is 9.55 Å². The average molecular weight is 240 g/mol. The van der Waals surface area contributed by atoms with Crippen LogP contribution in [0.15, 0.2) is 18.3 Å². The van der Waals surface area contributed by atoms with Crippen LogP contribution in [0, 0.1) is 30.3 Å². The molecule has 5 heteroatoms. The number of aromatic amines is 1. The van der Waals surface area contributed by atoms with E-state index in [2.05, 4.69) is 4.98 Å². The fraction of sp³-hybridized carbons (Fsp3) is 0.182. The Balaban J connectivity index is 2.69. The van der Waals surface area contributed by atoms with Crippen LogP contribution in [-0.2, 0) is 0 Å². The molecule has 0 unspecified atom stereocenters. The van der Waals surface area contributed by atoms with Crippen LogP contribution in [0.25, 0.3) is 5.69 Å². The smallest absolute Gasteiger partial charge is 0.182 e. The van der Waals surface area contributed by atoms with Gasteiger partial charge in [0.05, 0.1) is 5.69 Å². The first kappa shape index (κ1) is 11.0. The van der Waals surface area contributed by atoms with E-state index in [1.165, 1.54) is 11.5 Å². The van der Waals surface area contributed by atoms with Gasteiger partial charge in [-0.05, 0) is 37.7 Å². The summed E-state index contributed by atoms with van der Waals surface area (Å²) < 4.78 is 28.8. The lowest BCUT2D eigenvalue weighted by Gasteiger charge is -2.05. The summed E-state index contributed by atoms with van der Waals surface area (Å²) in [5.74, 6) is -0.939. The molecule has 84 valence electrons. The Morgan fingerprint density at radius 3 is 2.44 bits per heavy atom. The standard InChI is InChI=1S/C11H10F2N2S/c1-6-3-9(13)10(4-8(6)12)15-5-7(2)14-11(15)16/h3-5H,1-2H3,(H,14,16). The molecule has 2 nitrogen and oxygen atoms in total. The number of nitrogens with zero attached hydrogens (tertiary/aromatic N) is 1. The van der Waals surface area contributed by atoms with Crippen LogP contribution >= 0.6 is 12.2 Å². The van der Waals surface area contributed by atoms with Crippen molar-refractivity contribution < 1.29 is 8.78 Å². The van der Waals surface area contributed by atoms with Crippen molar-refractivity contribution in [3.8, 4) is 5.69 Å². The third-order valence-electron chi connectivity index (χ3n) is 2.33. The number of aryl methyl sites for hydroxylation is 2. The summed E-state index contributed by atoms with van der Waals surface area (Å²) in [5, 5.41) is 0. The number of aromatic nitrogens is 2. The molecule has 0 saturated heterocycles. The van der Waals surface area contributed by atoms with Crippen molar-refractivity contribution in [1.82, 2.24) is 9.55 Å². The zero-order chi connectivity index (χ0) is 11.9. The molecule has 0 atom stereocenters. The van der Waals surface area contributed by atoms with E-state index in [4.69, 9.17) is 12.2 Å². The lowest BCUT2D eigenvalue weighted by Crippen LogP contribution is -1.99. The summed E-state index contributed by atoms with van der Waals surface area (Å²) in [5.41, 5.74) is 1.20. The Kier molecular flexibility index (Phi) is 2.63. The molecule has 0 aliphatic rings. The van der Waals surface area contributed by atoms with Gasteiger partial charge in [0, 0.05) is 18.0 Å². The Bertz CT molecular complexity index is 599. The van der Waals surface area contributed by atoms with Crippen LogP contribution < -0.4 is 0 Å². The lowest BCUT2D eigenvalue weighted by atomic mass is 10.2. The molecule has 0 radical (unpaired) electrons. The molecule has 0 amide bonds. The molecule has 16 heavy (non-hydrogen) atoms. The van der Waals surface area contributed by atoms with Gasteiger partial charge in [-0.1, -0.05) is 0 Å². The quantitative estimate of drug-likeness (QED) is 0.757. The maximum Gasteiger partial charge on any atom is 0.182 e. The molecular formula is C11H10F2N2S. The first-order valence-electron chi connectivity index (χ1n) is 4.73. The van der Waals surface area contributed by atoms with Gasteiger partial charge in [-0.2, -0.15) is 0 Å². The number of rotatable bonds is 1. The second kappa shape index (κ2) is 3.83. The van der Waals surface area contributed by atoms with E-state index in [-0.39, 0.29) is 11.3 Å². The minimum Gasteiger partial charge on any atom is -0.335 e. The van der Waals surface area contributed by atoms with Crippen LogP contribution in [0.1, 0.15) is 11.3 Å². The van der Waals surface area contributed by atoms with E-state index in [1.807, 2.05) is 0 Å². The van der Waals surface area contributed by atoms with Crippen molar-refractivity contribution in [3.05, 3.63) is 46.0 Å². The number of hydrogen-bond acceptors (Lipinski definition) is 1. The van der Waals surface area contributed by atoms with E-state index < -0.39 is 11.6 Å². The van der Waals surface area contributed by atoms with Gasteiger partial charge in [0.1, 0.15) is 11.6 Å². The third kappa shape index (κ3) is 1.78. The van der Waals surface area contributed by atoms with Crippen molar-refractivity contribution in [2.24, 2.45) is 0 Å². The summed E-state index contributed by atoms with van der Waals surface area (Å²) in [4.78, 5) is 2.86. The molecule has 0 aliphatic heterocycles. The highest BCUT2D eigenvalue weighted by Gasteiger charge is 2.10. The molecule has 1 aromatic heterocycles. The highest BCUT2D eigenvalue weighted by Crippen LogP contribution is 2.19. The average Bonchev–Trinajstić information content (AvgIpc) is 2.51. The summed E-state index contributed by atoms with van der Waals surface area (Å²) in [7, 11) is 0. The molecular weight excluding hydrogens is 230 g/mol. The SMILES string of the molecule is Cc1cn(-c2cc(F)c(C)cc2F)c(=S)[nH]1. The normalized spacial score (nSPS) is 10.8. The molecule has 0 aliphatic carbocycles. The van der Waals surface area contributed by atoms with Crippen LogP contribution in [0.4, 0.5) is 8.78 Å². The van der Waals surface area contributed by atoms with Gasteiger partial charge in [-0.15, -0.1) is 0 Å². The van der Waals surface area contributed by atoms with Gasteiger partial charge < -0.3 is 4.98 Å². The van der Waals surface area contributed by atoms with Gasteiger partial charge in [0.25, 0.3) is 0 Å². The molecule has 0 bridgehead atoms. The predicted octanol–water partition coefficient (Wildman–Crippen LogP) is 3.43. The van der Waals surface area contributed by atoms with Gasteiger partial charge >= 0.3 is 0 Å². The van der Waals surface area contributed by atoms with Gasteiger partial charge in [0.2, 0.25) is 0 Å². The number of benzene rings is 1. The molecule has 2 aromatic rings. The fourth-order valence-corrected chi connectivity index (χ4v) is 1.82. The molecule has 1 N–H and O–H groups in total. The zero-order valence-corrected chi connectivity index (χ0v) is 9.66. The van der Waals surface area contributed by atoms with Gasteiger partial charge in [-0.3, -0.25) is 4.57 Å². The largest absolute Gasteiger partial charge is 0.335 e. The first-order chi connectivity index (χ1) is 7.49. The van der Waals surface area contributed by atoms with E-state index in [1.54, 1.807) is 13.1 Å². The fourth-order valence-electron chi connectivity index (χ4n) is 1.51. The Morgan fingerprint density at radius 2 is 1.88 bits per heavy atom. The summed E-state index contributed by atoms with van der Waals surface area (Å²) in [6, 6.07) is 2.31. The van der Waals surface area contributed by atoms with Crippen molar-refractivity contribution in [1.29, 1.82) is 0 Å². The minimum absolute atomic E-state index is 0.123. The Morgan fingerprint density at radius 1 is 1.19 bits per heavy atom. The molecule has 0 saturated carbocycles. The van der Waals surface area contributed by atoms with Crippen molar-refractivity contribution in [3.63, 3.8) is 0 Å². The molecule has 1 heterocycles. The second-order valence-electron chi connectivity index (χ2n) is 3.67. The number of hydrogen-bond donors (Lipinski definition) is 1.